The van der Waals surface area contributed by atoms with Crippen LogP contribution in [0.25, 0.3) is 5.32 Å². The van der Waals surface area contributed by atoms with Gasteiger partial charge >= 0.3 is 57.0 Å². The van der Waals surface area contributed by atoms with Crippen molar-refractivity contribution in [2.45, 2.75) is 32.7 Å². The van der Waals surface area contributed by atoms with Gasteiger partial charge in [-0.3, -0.25) is 0 Å². The van der Waals surface area contributed by atoms with Crippen LogP contribution in [-0.4, -0.2) is 19.6 Å². The average Bonchev–Trinajstić information content (AvgIpc) is 1.90. The zero-order valence-corrected chi connectivity index (χ0v) is 12.8. The van der Waals surface area contributed by atoms with Crippen LogP contribution in [0.3, 0.4) is 0 Å². The second-order valence-corrected chi connectivity index (χ2v) is 3.43. The fraction of sp³-hybridized carbons (Fsp3) is 0.778. The molecule has 0 aromatic rings. The van der Waals surface area contributed by atoms with Crippen molar-refractivity contribution in [2.75, 3.05) is 14.1 Å². The molecule has 0 saturated heterocycles. The second-order valence-electron chi connectivity index (χ2n) is 2.71. The molecule has 0 unspecified atom stereocenters. The van der Waals surface area contributed by atoms with E-state index in [1.54, 1.807) is 14.1 Å². The summed E-state index contributed by atoms with van der Waals surface area (Å²) in [5.74, 6) is 0. The van der Waals surface area contributed by atoms with Crippen LogP contribution in [0.4, 0.5) is 0 Å². The standard InChI is InChI=1S/C5H11N.C2H6N.2CH3.Ta/c1-4-5(2,3)6;1-3-2;;;/h4H2,1-3H3;1-2H3;2*1H3;/q;3*-1;. The van der Waals surface area contributed by atoms with Crippen molar-refractivity contribution in [3.63, 3.8) is 0 Å². The quantitative estimate of drug-likeness (QED) is 0.689. The van der Waals surface area contributed by atoms with Gasteiger partial charge in [0, 0.05) is 0 Å². The molecule has 0 saturated carbocycles. The predicted molar refractivity (Wildman–Crippen MR) is 54.8 cm³/mol. The first-order chi connectivity index (χ1) is 4.54. The summed E-state index contributed by atoms with van der Waals surface area (Å²) in [6, 6.07) is 0. The zero-order chi connectivity index (χ0) is 8.62. The zero-order valence-electron chi connectivity index (χ0n) is 9.55. The maximum Gasteiger partial charge on any atom is -0.162 e. The van der Waals surface area contributed by atoms with E-state index >= 15 is 0 Å². The molecule has 12 heavy (non-hydrogen) atoms. The van der Waals surface area contributed by atoms with E-state index in [0.717, 1.165) is 27.3 Å². The monoisotopic (exact) mass is 340 g/mol. The number of hydrogen-bond acceptors (Lipinski definition) is 1. The van der Waals surface area contributed by atoms with Gasteiger partial charge in [0.1, 0.15) is 0 Å². The second kappa shape index (κ2) is 14.0. The smallest absolute Gasteiger partial charge is 0.162 e. The summed E-state index contributed by atoms with van der Waals surface area (Å²) in [7, 11) is 3.50. The Balaban J connectivity index is -0.0000000569. The summed E-state index contributed by atoms with van der Waals surface area (Å²) >= 11 is 1.16. The maximum absolute atomic E-state index is 4.25. The Kier molecular flexibility index (Phi) is 26.8. The third-order valence-electron chi connectivity index (χ3n) is 1.14. The minimum absolute atomic E-state index is 0. The van der Waals surface area contributed by atoms with Crippen LogP contribution < -0.4 is 0 Å². The van der Waals surface area contributed by atoms with Crippen molar-refractivity contribution < 1.29 is 20.9 Å². The third kappa shape index (κ3) is 22.4. The van der Waals surface area contributed by atoms with E-state index in [2.05, 4.69) is 29.4 Å². The molecule has 0 fully saturated rings. The van der Waals surface area contributed by atoms with Crippen LogP contribution >= 0.6 is 0 Å². The van der Waals surface area contributed by atoms with Crippen molar-refractivity contribution in [1.29, 1.82) is 0 Å². The van der Waals surface area contributed by atoms with Gasteiger partial charge in [0.2, 0.25) is 0 Å². The molecule has 0 aromatic carbocycles. The Morgan fingerprint density at radius 2 is 1.50 bits per heavy atom. The van der Waals surface area contributed by atoms with Crippen molar-refractivity contribution in [2.24, 2.45) is 3.34 Å². The van der Waals surface area contributed by atoms with Crippen molar-refractivity contribution in [1.82, 2.24) is 0 Å². The first kappa shape index (κ1) is 22.9. The Hall–Kier alpha value is 0.500. The summed E-state index contributed by atoms with van der Waals surface area (Å²) in [5.41, 5.74) is 0.258. The van der Waals surface area contributed by atoms with Crippen LogP contribution in [0.5, 0.6) is 0 Å². The SMILES string of the molecule is CCC(C)(C)[N]=[Ta].C[N-]C.[CH3-].[CH3-]. The molecule has 0 aliphatic heterocycles. The van der Waals surface area contributed by atoms with E-state index < -0.39 is 0 Å². The summed E-state index contributed by atoms with van der Waals surface area (Å²) in [5, 5.41) is 3.50. The molecule has 0 rings (SSSR count). The van der Waals surface area contributed by atoms with Gasteiger partial charge < -0.3 is 20.2 Å². The Labute approximate surface area is 91.3 Å². The summed E-state index contributed by atoms with van der Waals surface area (Å²) in [4.78, 5) is 0. The van der Waals surface area contributed by atoms with Gasteiger partial charge in [-0.25, -0.2) is 0 Å². The van der Waals surface area contributed by atoms with Gasteiger partial charge in [-0.1, -0.05) is 0 Å². The number of nitrogens with zero attached hydrogens (tertiary/aromatic N) is 2. The first-order valence-corrected chi connectivity index (χ1v) is 4.82. The van der Waals surface area contributed by atoms with Crippen LogP contribution in [0.1, 0.15) is 27.2 Å². The molecule has 0 aliphatic carbocycles. The minimum atomic E-state index is 0. The molecule has 0 radical (unpaired) electrons. The summed E-state index contributed by atoms with van der Waals surface area (Å²) < 4.78 is 4.25. The van der Waals surface area contributed by atoms with E-state index in [1.165, 1.54) is 0 Å². The van der Waals surface area contributed by atoms with E-state index in [4.69, 9.17) is 0 Å². The van der Waals surface area contributed by atoms with Crippen LogP contribution in [0.15, 0.2) is 3.34 Å². The Morgan fingerprint density at radius 1 is 1.25 bits per heavy atom. The first-order valence-electron chi connectivity index (χ1n) is 3.38. The molecule has 3 heteroatoms. The topological polar surface area (TPSA) is 26.5 Å². The molecule has 0 aromatic heterocycles. The average molecular weight is 340 g/mol. The number of rotatable bonds is 2. The molecule has 0 atom stereocenters. The number of hydrogen-bond donors (Lipinski definition) is 0. The maximum atomic E-state index is 4.25. The van der Waals surface area contributed by atoms with Gasteiger partial charge in [0.15, 0.2) is 0 Å². The van der Waals surface area contributed by atoms with Crippen LogP contribution in [0, 0.1) is 14.9 Å². The molecule has 2 nitrogen and oxygen atoms in total. The molecular formula is C9H23N2Ta-3. The molecule has 0 spiro atoms. The van der Waals surface area contributed by atoms with Crippen LogP contribution in [0.2, 0.25) is 0 Å². The van der Waals surface area contributed by atoms with Crippen molar-refractivity contribution in [3.05, 3.63) is 20.2 Å². The molecule has 0 bridgehead atoms. The van der Waals surface area contributed by atoms with Crippen LogP contribution in [-0.2, 0) is 20.9 Å². The Bertz CT molecular complexity index is 82.6. The van der Waals surface area contributed by atoms with Gasteiger partial charge in [0.25, 0.3) is 0 Å². The van der Waals surface area contributed by atoms with Gasteiger partial charge in [-0.2, -0.15) is 14.1 Å². The van der Waals surface area contributed by atoms with E-state index in [1.807, 2.05) is 0 Å². The fourth-order valence-corrected chi connectivity index (χ4v) is 0.579. The molecular weight excluding hydrogens is 317 g/mol. The third-order valence-corrected chi connectivity index (χ3v) is 3.08. The van der Waals surface area contributed by atoms with Gasteiger partial charge in [-0.15, -0.1) is 0 Å². The molecule has 0 amide bonds. The fourth-order valence-electron chi connectivity index (χ4n) is 0.0707. The molecule has 0 aliphatic rings. The predicted octanol–water partition coefficient (Wildman–Crippen LogP) is 3.43. The normalized spacial score (nSPS) is 8.00. The largest absolute Gasteiger partial charge is 0.668 e. The van der Waals surface area contributed by atoms with Crippen molar-refractivity contribution >= 4 is 0 Å². The Morgan fingerprint density at radius 3 is 1.50 bits per heavy atom. The van der Waals surface area contributed by atoms with E-state index in [9.17, 15) is 0 Å². The van der Waals surface area contributed by atoms with Gasteiger partial charge in [0.05, 0.1) is 0 Å². The summed E-state index contributed by atoms with van der Waals surface area (Å²) in [6.45, 7) is 6.48. The molecule has 0 heterocycles. The summed E-state index contributed by atoms with van der Waals surface area (Å²) in [6.07, 6.45) is 1.16. The minimum Gasteiger partial charge on any atom is -0.668 e. The van der Waals surface area contributed by atoms with Crippen molar-refractivity contribution in [3.8, 4) is 0 Å². The molecule has 77 valence electrons. The molecule has 0 N–H and O–H groups in total. The van der Waals surface area contributed by atoms with Gasteiger partial charge in [-0.05, 0) is 0 Å². The van der Waals surface area contributed by atoms with E-state index in [-0.39, 0.29) is 20.4 Å². The van der Waals surface area contributed by atoms with E-state index in [0.29, 0.717) is 0 Å².